The van der Waals surface area contributed by atoms with Crippen molar-refractivity contribution < 1.29 is 4.79 Å². The van der Waals surface area contributed by atoms with Crippen molar-refractivity contribution in [3.05, 3.63) is 30.0 Å². The van der Waals surface area contributed by atoms with E-state index in [0.29, 0.717) is 6.04 Å². The summed E-state index contributed by atoms with van der Waals surface area (Å²) in [5.74, 6) is 0.0850. The molecular weight excluding hydrogens is 252 g/mol. The molecule has 1 amide bonds. The summed E-state index contributed by atoms with van der Waals surface area (Å²) in [6.45, 7) is 2.08. The summed E-state index contributed by atoms with van der Waals surface area (Å²) in [7, 11) is 4.02. The normalized spacial score (nSPS) is 20.2. The minimum absolute atomic E-state index is 0.0850. The molecule has 5 nitrogen and oxygen atoms in total. The van der Waals surface area contributed by atoms with E-state index in [9.17, 15) is 4.79 Å². The van der Waals surface area contributed by atoms with E-state index >= 15 is 0 Å². The lowest BCUT2D eigenvalue weighted by molar-refractivity contribution is 0.0644. The van der Waals surface area contributed by atoms with Crippen LogP contribution in [0.5, 0.6) is 0 Å². The fourth-order valence-corrected chi connectivity index (χ4v) is 2.89. The van der Waals surface area contributed by atoms with E-state index in [1.54, 1.807) is 6.20 Å². The molecule has 1 unspecified atom stereocenters. The highest BCUT2D eigenvalue weighted by Gasteiger charge is 2.25. The van der Waals surface area contributed by atoms with E-state index < -0.39 is 0 Å². The third-order valence-electron chi connectivity index (χ3n) is 4.16. The monoisotopic (exact) mass is 272 g/mol. The minimum Gasteiger partial charge on any atom is -0.337 e. The zero-order valence-corrected chi connectivity index (χ0v) is 12.0. The first kappa shape index (κ1) is 13.1. The predicted octanol–water partition coefficient (Wildman–Crippen LogP) is 1.73. The quantitative estimate of drug-likeness (QED) is 0.906. The Morgan fingerprint density at radius 1 is 1.50 bits per heavy atom. The Labute approximate surface area is 118 Å². The van der Waals surface area contributed by atoms with Gasteiger partial charge < -0.3 is 9.80 Å². The van der Waals surface area contributed by atoms with Crippen molar-refractivity contribution in [3.63, 3.8) is 0 Å². The Kier molecular flexibility index (Phi) is 3.44. The lowest BCUT2D eigenvalue weighted by atomic mass is 10.0. The molecule has 1 aliphatic heterocycles. The van der Waals surface area contributed by atoms with Crippen LogP contribution in [0.1, 0.15) is 23.2 Å². The summed E-state index contributed by atoms with van der Waals surface area (Å²) < 4.78 is 0. The molecule has 106 valence electrons. The number of H-pyrrole nitrogens is 1. The number of likely N-dealkylation sites (tertiary alicyclic amines) is 1. The van der Waals surface area contributed by atoms with Gasteiger partial charge in [0, 0.05) is 30.6 Å². The molecule has 2 heterocycles. The third kappa shape index (κ3) is 2.41. The summed E-state index contributed by atoms with van der Waals surface area (Å²) in [4.78, 5) is 16.8. The van der Waals surface area contributed by atoms with Gasteiger partial charge in [-0.15, -0.1) is 0 Å². The molecule has 1 aliphatic rings. The van der Waals surface area contributed by atoms with Crippen molar-refractivity contribution in [1.82, 2.24) is 20.0 Å². The smallest absolute Gasteiger partial charge is 0.253 e. The summed E-state index contributed by atoms with van der Waals surface area (Å²) in [6, 6.07) is 6.00. The molecule has 2 aromatic rings. The van der Waals surface area contributed by atoms with Crippen LogP contribution in [0.15, 0.2) is 24.4 Å². The maximum absolute atomic E-state index is 12.6. The van der Waals surface area contributed by atoms with Crippen LogP contribution in [0.25, 0.3) is 10.9 Å². The van der Waals surface area contributed by atoms with Crippen LogP contribution in [0, 0.1) is 0 Å². The van der Waals surface area contributed by atoms with Gasteiger partial charge in [0.2, 0.25) is 0 Å². The van der Waals surface area contributed by atoms with Crippen LogP contribution in [-0.2, 0) is 0 Å². The number of fused-ring (bicyclic) bond motifs is 1. The number of piperidine rings is 1. The van der Waals surface area contributed by atoms with Gasteiger partial charge in [-0.1, -0.05) is 6.07 Å². The molecule has 1 fully saturated rings. The van der Waals surface area contributed by atoms with Gasteiger partial charge in [-0.3, -0.25) is 9.89 Å². The van der Waals surface area contributed by atoms with Crippen molar-refractivity contribution in [2.75, 3.05) is 27.2 Å². The lowest BCUT2D eigenvalue weighted by Crippen LogP contribution is -2.47. The molecular formula is C15H20N4O. The number of rotatable bonds is 2. The number of carbonyl (C=O) groups excluding carboxylic acids is 1. The highest BCUT2D eigenvalue weighted by molar-refractivity contribution is 5.97. The average Bonchev–Trinajstić information content (AvgIpc) is 2.93. The zero-order valence-electron chi connectivity index (χ0n) is 12.0. The molecule has 0 aliphatic carbocycles. The second kappa shape index (κ2) is 5.25. The Bertz CT molecular complexity index is 621. The molecule has 1 aromatic carbocycles. The Hall–Kier alpha value is -1.88. The van der Waals surface area contributed by atoms with Crippen LogP contribution in [0.4, 0.5) is 0 Å². The van der Waals surface area contributed by atoms with Crippen molar-refractivity contribution in [2.24, 2.45) is 0 Å². The molecule has 0 radical (unpaired) electrons. The molecule has 1 atom stereocenters. The number of carbonyl (C=O) groups is 1. The van der Waals surface area contributed by atoms with Gasteiger partial charge in [0.05, 0.1) is 11.7 Å². The number of aromatic amines is 1. The molecule has 3 rings (SSSR count). The molecule has 1 saturated heterocycles. The average molecular weight is 272 g/mol. The second-order valence-electron chi connectivity index (χ2n) is 5.65. The van der Waals surface area contributed by atoms with Crippen LogP contribution in [0.3, 0.4) is 0 Å². The maximum atomic E-state index is 12.6. The summed E-state index contributed by atoms with van der Waals surface area (Å²) in [5.41, 5.74) is 1.63. The number of nitrogens with zero attached hydrogens (tertiary/aromatic N) is 3. The van der Waals surface area contributed by atoms with E-state index in [0.717, 1.165) is 42.4 Å². The molecule has 5 heteroatoms. The number of amides is 1. The van der Waals surface area contributed by atoms with Crippen LogP contribution < -0.4 is 0 Å². The van der Waals surface area contributed by atoms with E-state index in [4.69, 9.17) is 0 Å². The van der Waals surface area contributed by atoms with Gasteiger partial charge in [0.1, 0.15) is 0 Å². The van der Waals surface area contributed by atoms with Gasteiger partial charge in [-0.05, 0) is 38.6 Å². The van der Waals surface area contributed by atoms with E-state index in [-0.39, 0.29) is 5.91 Å². The second-order valence-corrected chi connectivity index (χ2v) is 5.65. The Morgan fingerprint density at radius 2 is 2.35 bits per heavy atom. The van der Waals surface area contributed by atoms with Crippen molar-refractivity contribution in [2.45, 2.75) is 18.9 Å². The lowest BCUT2D eigenvalue weighted by Gasteiger charge is -2.35. The number of likely N-dealkylation sites (N-methyl/N-ethyl adjacent to an activating group) is 2. The highest BCUT2D eigenvalue weighted by Crippen LogP contribution is 2.18. The van der Waals surface area contributed by atoms with Crippen molar-refractivity contribution in [3.8, 4) is 0 Å². The standard InChI is InChI=1S/C15H20N4O/c1-18-7-3-4-13(10-18)19(2)15(20)11-5-6-12-9-16-17-14(12)8-11/h5-6,8-9,13H,3-4,7,10H2,1-2H3,(H,16,17). The number of hydrogen-bond donors (Lipinski definition) is 1. The third-order valence-corrected chi connectivity index (χ3v) is 4.16. The molecule has 1 N–H and O–H groups in total. The molecule has 0 bridgehead atoms. The fraction of sp³-hybridized carbons (Fsp3) is 0.467. The number of benzene rings is 1. The summed E-state index contributed by atoms with van der Waals surface area (Å²) >= 11 is 0. The molecule has 20 heavy (non-hydrogen) atoms. The van der Waals surface area contributed by atoms with Gasteiger partial charge in [-0.25, -0.2) is 0 Å². The Morgan fingerprint density at radius 3 is 3.15 bits per heavy atom. The number of hydrogen-bond acceptors (Lipinski definition) is 3. The molecule has 0 spiro atoms. The van der Waals surface area contributed by atoms with E-state index in [1.165, 1.54) is 0 Å². The van der Waals surface area contributed by atoms with Crippen LogP contribution >= 0.6 is 0 Å². The predicted molar refractivity (Wildman–Crippen MR) is 78.7 cm³/mol. The SMILES string of the molecule is CN1CCCC(N(C)C(=O)c2ccc3cn[nH]c3c2)C1. The van der Waals surface area contributed by atoms with Crippen molar-refractivity contribution >= 4 is 16.8 Å². The number of aromatic nitrogens is 2. The largest absolute Gasteiger partial charge is 0.337 e. The van der Waals surface area contributed by atoms with Gasteiger partial charge in [0.15, 0.2) is 0 Å². The zero-order chi connectivity index (χ0) is 14.1. The van der Waals surface area contributed by atoms with Crippen molar-refractivity contribution in [1.29, 1.82) is 0 Å². The Balaban J connectivity index is 1.79. The highest BCUT2D eigenvalue weighted by atomic mass is 16.2. The van der Waals surface area contributed by atoms with Gasteiger partial charge in [0.25, 0.3) is 5.91 Å². The summed E-state index contributed by atoms with van der Waals surface area (Å²) in [5, 5.41) is 7.93. The van der Waals surface area contributed by atoms with E-state index in [1.807, 2.05) is 30.1 Å². The fourth-order valence-electron chi connectivity index (χ4n) is 2.89. The maximum Gasteiger partial charge on any atom is 0.253 e. The number of nitrogens with one attached hydrogen (secondary N) is 1. The van der Waals surface area contributed by atoms with Crippen LogP contribution in [0.2, 0.25) is 0 Å². The summed E-state index contributed by atoms with van der Waals surface area (Å²) in [6.07, 6.45) is 4.00. The molecule has 0 saturated carbocycles. The van der Waals surface area contributed by atoms with Crippen LogP contribution in [-0.4, -0.2) is 59.1 Å². The van der Waals surface area contributed by atoms with Gasteiger partial charge >= 0.3 is 0 Å². The molecule has 1 aromatic heterocycles. The van der Waals surface area contributed by atoms with E-state index in [2.05, 4.69) is 22.1 Å². The first-order valence-electron chi connectivity index (χ1n) is 7.04. The topological polar surface area (TPSA) is 52.2 Å². The van der Waals surface area contributed by atoms with Gasteiger partial charge in [-0.2, -0.15) is 5.10 Å². The first-order chi connectivity index (χ1) is 9.65. The first-order valence-corrected chi connectivity index (χ1v) is 7.04. The minimum atomic E-state index is 0.0850.